The highest BCUT2D eigenvalue weighted by Crippen LogP contribution is 2.19. The second-order valence-corrected chi connectivity index (χ2v) is 5.17. The lowest BCUT2D eigenvalue weighted by Gasteiger charge is -2.14. The van der Waals surface area contributed by atoms with E-state index in [0.29, 0.717) is 18.2 Å². The Morgan fingerprint density at radius 3 is 3.05 bits per heavy atom. The third-order valence-electron chi connectivity index (χ3n) is 3.60. The van der Waals surface area contributed by atoms with Gasteiger partial charge in [-0.1, -0.05) is 13.0 Å². The average molecular weight is 277 g/mol. The van der Waals surface area contributed by atoms with Crippen LogP contribution in [0.1, 0.15) is 37.2 Å². The summed E-state index contributed by atoms with van der Waals surface area (Å²) in [5.41, 5.74) is 0.456. The van der Waals surface area contributed by atoms with Crippen molar-refractivity contribution in [1.29, 1.82) is 0 Å². The molecule has 1 amide bonds. The summed E-state index contributed by atoms with van der Waals surface area (Å²) >= 11 is 0. The Morgan fingerprint density at radius 2 is 2.35 bits per heavy atom. The molecule has 0 bridgehead atoms. The van der Waals surface area contributed by atoms with E-state index in [-0.39, 0.29) is 12.0 Å². The van der Waals surface area contributed by atoms with E-state index in [1.54, 1.807) is 6.07 Å². The normalized spacial score (nSPS) is 21.7. The zero-order chi connectivity index (χ0) is 14.4. The van der Waals surface area contributed by atoms with Crippen molar-refractivity contribution in [1.82, 2.24) is 10.3 Å². The number of carbonyl (C=O) groups is 1. The first-order chi connectivity index (χ1) is 9.70. The predicted octanol–water partition coefficient (Wildman–Crippen LogP) is 2.06. The maximum atomic E-state index is 12.1. The molecule has 5 heteroatoms. The first-order valence-electron chi connectivity index (χ1n) is 7.31. The third kappa shape index (κ3) is 3.93. The number of aromatic nitrogens is 1. The van der Waals surface area contributed by atoms with Crippen molar-refractivity contribution < 1.29 is 9.53 Å². The van der Waals surface area contributed by atoms with E-state index in [9.17, 15) is 4.79 Å². The van der Waals surface area contributed by atoms with Gasteiger partial charge in [-0.05, 0) is 31.9 Å². The lowest BCUT2D eigenvalue weighted by molar-refractivity contribution is 0.0903. The highest BCUT2D eigenvalue weighted by molar-refractivity contribution is 5.92. The van der Waals surface area contributed by atoms with Gasteiger partial charge in [0, 0.05) is 25.6 Å². The van der Waals surface area contributed by atoms with Crippen LogP contribution in [0, 0.1) is 5.92 Å². The first kappa shape index (κ1) is 14.8. The molecule has 5 nitrogen and oxygen atoms in total. The molecule has 2 N–H and O–H groups in total. The number of amides is 1. The second kappa shape index (κ2) is 7.24. The van der Waals surface area contributed by atoms with E-state index in [4.69, 9.17) is 4.74 Å². The van der Waals surface area contributed by atoms with Crippen LogP contribution in [0.2, 0.25) is 0 Å². The van der Waals surface area contributed by atoms with Gasteiger partial charge in [-0.3, -0.25) is 4.79 Å². The number of pyridine rings is 1. The summed E-state index contributed by atoms with van der Waals surface area (Å²) in [4.78, 5) is 16.4. The van der Waals surface area contributed by atoms with Crippen LogP contribution in [0.5, 0.6) is 0 Å². The van der Waals surface area contributed by atoms with Crippen molar-refractivity contribution in [3.05, 3.63) is 23.9 Å². The topological polar surface area (TPSA) is 63.2 Å². The largest absolute Gasteiger partial charge is 0.378 e. The summed E-state index contributed by atoms with van der Waals surface area (Å²) in [5.74, 6) is 1.03. The Bertz CT molecular complexity index is 450. The van der Waals surface area contributed by atoms with Crippen LogP contribution in [0.25, 0.3) is 0 Å². The van der Waals surface area contributed by atoms with Gasteiger partial charge < -0.3 is 15.4 Å². The first-order valence-corrected chi connectivity index (χ1v) is 7.31. The smallest absolute Gasteiger partial charge is 0.269 e. The van der Waals surface area contributed by atoms with E-state index in [1.807, 2.05) is 12.1 Å². The van der Waals surface area contributed by atoms with Gasteiger partial charge in [-0.2, -0.15) is 0 Å². The Kier molecular flexibility index (Phi) is 5.35. The van der Waals surface area contributed by atoms with Crippen LogP contribution in [-0.4, -0.2) is 36.7 Å². The Labute approximate surface area is 120 Å². The predicted molar refractivity (Wildman–Crippen MR) is 78.9 cm³/mol. The minimum absolute atomic E-state index is 0.121. The lowest BCUT2D eigenvalue weighted by Crippen LogP contribution is -2.32. The molecule has 2 rings (SSSR count). The number of ether oxygens (including phenoxy) is 1. The summed E-state index contributed by atoms with van der Waals surface area (Å²) in [7, 11) is 0. The van der Waals surface area contributed by atoms with Gasteiger partial charge in [0.25, 0.3) is 5.91 Å². The van der Waals surface area contributed by atoms with Crippen molar-refractivity contribution in [2.24, 2.45) is 5.92 Å². The fraction of sp³-hybridized carbons (Fsp3) is 0.600. The molecular weight excluding hydrogens is 254 g/mol. The van der Waals surface area contributed by atoms with Crippen LogP contribution in [0.15, 0.2) is 18.2 Å². The minimum Gasteiger partial charge on any atom is -0.378 e. The molecular formula is C15H23N3O2. The third-order valence-corrected chi connectivity index (χ3v) is 3.60. The molecule has 2 unspecified atom stereocenters. The fourth-order valence-electron chi connectivity index (χ4n) is 2.27. The highest BCUT2D eigenvalue weighted by atomic mass is 16.5. The molecule has 110 valence electrons. The zero-order valence-electron chi connectivity index (χ0n) is 12.2. The molecule has 1 aromatic heterocycles. The molecule has 20 heavy (non-hydrogen) atoms. The Hall–Kier alpha value is -1.62. The van der Waals surface area contributed by atoms with E-state index in [1.165, 1.54) is 0 Å². The van der Waals surface area contributed by atoms with Crippen molar-refractivity contribution in [3.63, 3.8) is 0 Å². The van der Waals surface area contributed by atoms with Gasteiger partial charge in [-0.25, -0.2) is 4.98 Å². The Morgan fingerprint density at radius 1 is 1.50 bits per heavy atom. The molecule has 1 saturated heterocycles. The fourth-order valence-corrected chi connectivity index (χ4v) is 2.27. The van der Waals surface area contributed by atoms with E-state index >= 15 is 0 Å². The van der Waals surface area contributed by atoms with Crippen LogP contribution in [0.4, 0.5) is 5.82 Å². The Balaban J connectivity index is 1.88. The molecule has 0 aromatic carbocycles. The molecule has 1 aliphatic rings. The standard InChI is InChI=1S/C15H23N3O2/c1-3-8-16-14-6-4-5-13(18-14)15(19)17-10-12-7-9-20-11(12)2/h4-6,11-12H,3,7-10H2,1-2H3,(H,16,18)(H,17,19). The minimum atomic E-state index is -0.121. The molecule has 1 aromatic rings. The van der Waals surface area contributed by atoms with Gasteiger partial charge in [-0.15, -0.1) is 0 Å². The summed E-state index contributed by atoms with van der Waals surface area (Å²) in [6.07, 6.45) is 2.26. The van der Waals surface area contributed by atoms with Crippen molar-refractivity contribution in [2.75, 3.05) is 25.0 Å². The van der Waals surface area contributed by atoms with Gasteiger partial charge in [0.1, 0.15) is 11.5 Å². The monoisotopic (exact) mass is 277 g/mol. The molecule has 1 fully saturated rings. The molecule has 0 radical (unpaired) electrons. The zero-order valence-corrected chi connectivity index (χ0v) is 12.2. The molecule has 0 spiro atoms. The number of nitrogens with zero attached hydrogens (tertiary/aromatic N) is 1. The van der Waals surface area contributed by atoms with Crippen LogP contribution < -0.4 is 10.6 Å². The molecule has 0 saturated carbocycles. The number of rotatable bonds is 6. The average Bonchev–Trinajstić information content (AvgIpc) is 2.88. The van der Waals surface area contributed by atoms with E-state index in [0.717, 1.165) is 31.8 Å². The van der Waals surface area contributed by atoms with Crippen molar-refractivity contribution in [3.8, 4) is 0 Å². The molecule has 2 atom stereocenters. The molecule has 1 aliphatic heterocycles. The molecule has 2 heterocycles. The molecule has 0 aliphatic carbocycles. The maximum Gasteiger partial charge on any atom is 0.269 e. The highest BCUT2D eigenvalue weighted by Gasteiger charge is 2.24. The SMILES string of the molecule is CCCNc1cccc(C(=O)NCC2CCOC2C)n1. The number of carbonyl (C=O) groups excluding carboxylic acids is 1. The summed E-state index contributed by atoms with van der Waals surface area (Å²) in [5, 5.41) is 6.13. The number of nitrogens with one attached hydrogen (secondary N) is 2. The number of anilines is 1. The van der Waals surface area contributed by atoms with Gasteiger partial charge in [0.05, 0.1) is 6.10 Å². The summed E-state index contributed by atoms with van der Waals surface area (Å²) in [6, 6.07) is 5.46. The van der Waals surface area contributed by atoms with Gasteiger partial charge in [0.15, 0.2) is 0 Å². The van der Waals surface area contributed by atoms with Gasteiger partial charge >= 0.3 is 0 Å². The van der Waals surface area contributed by atoms with E-state index in [2.05, 4.69) is 29.5 Å². The van der Waals surface area contributed by atoms with Crippen LogP contribution in [-0.2, 0) is 4.74 Å². The number of hydrogen-bond donors (Lipinski definition) is 2. The lowest BCUT2D eigenvalue weighted by atomic mass is 10.0. The van der Waals surface area contributed by atoms with Crippen molar-refractivity contribution >= 4 is 11.7 Å². The second-order valence-electron chi connectivity index (χ2n) is 5.17. The number of hydrogen-bond acceptors (Lipinski definition) is 4. The van der Waals surface area contributed by atoms with Crippen LogP contribution >= 0.6 is 0 Å². The van der Waals surface area contributed by atoms with Crippen LogP contribution in [0.3, 0.4) is 0 Å². The van der Waals surface area contributed by atoms with Crippen molar-refractivity contribution in [2.45, 2.75) is 32.8 Å². The van der Waals surface area contributed by atoms with Gasteiger partial charge in [0.2, 0.25) is 0 Å². The summed E-state index contributed by atoms with van der Waals surface area (Å²) < 4.78 is 5.49. The maximum absolute atomic E-state index is 12.1. The van der Waals surface area contributed by atoms with E-state index < -0.39 is 0 Å². The summed E-state index contributed by atoms with van der Waals surface area (Å²) in [6.45, 7) is 6.44. The quantitative estimate of drug-likeness (QED) is 0.835.